The van der Waals surface area contributed by atoms with E-state index in [1.165, 1.54) is 36.1 Å². The maximum atomic E-state index is 13.2. The first-order valence-electron chi connectivity index (χ1n) is 16.3. The summed E-state index contributed by atoms with van der Waals surface area (Å²) in [6.07, 6.45) is 17.2. The lowest BCUT2D eigenvalue weighted by Gasteiger charge is -2.42. The van der Waals surface area contributed by atoms with Gasteiger partial charge in [-0.05, 0) is 118 Å². The summed E-state index contributed by atoms with van der Waals surface area (Å²) in [6.45, 7) is 8.71. The molecule has 4 aliphatic rings. The van der Waals surface area contributed by atoms with Crippen molar-refractivity contribution in [3.8, 4) is 0 Å². The molecule has 6 rings (SSSR count). The second-order valence-corrected chi connectivity index (χ2v) is 15.1. The largest absolute Gasteiger partial charge is 0.458 e. The van der Waals surface area contributed by atoms with Gasteiger partial charge in [-0.25, -0.2) is 9.78 Å². The number of carbonyl (C=O) groups excluding carboxylic acids is 1. The molecule has 0 spiro atoms. The number of nitrogens with zero attached hydrogens (tertiary/aromatic N) is 1. The van der Waals surface area contributed by atoms with E-state index in [-0.39, 0.29) is 22.9 Å². The highest BCUT2D eigenvalue weighted by Gasteiger charge is 2.55. The summed E-state index contributed by atoms with van der Waals surface area (Å²) in [7, 11) is 0. The third kappa shape index (κ3) is 6.21. The van der Waals surface area contributed by atoms with Crippen LogP contribution < -0.4 is 0 Å². The number of esters is 1. The van der Waals surface area contributed by atoms with Gasteiger partial charge >= 0.3 is 5.97 Å². The maximum absolute atomic E-state index is 13.2. The molecule has 4 aliphatic carbocycles. The van der Waals surface area contributed by atoms with Gasteiger partial charge in [0, 0.05) is 17.5 Å². The summed E-state index contributed by atoms with van der Waals surface area (Å²) in [4.78, 5) is 19.2. The fraction of sp³-hybridized carbons (Fsp3) is 0.568. The van der Waals surface area contributed by atoms with E-state index in [9.17, 15) is 15.0 Å². The highest BCUT2D eigenvalue weighted by atomic mass is 32.1. The zero-order chi connectivity index (χ0) is 30.2. The number of ether oxygens (including phenoxy) is 1. The van der Waals surface area contributed by atoms with E-state index in [0.29, 0.717) is 30.2 Å². The van der Waals surface area contributed by atoms with Crippen molar-refractivity contribution in [2.75, 3.05) is 0 Å². The van der Waals surface area contributed by atoms with Crippen LogP contribution in [0.3, 0.4) is 0 Å². The van der Waals surface area contributed by atoms with E-state index >= 15 is 0 Å². The van der Waals surface area contributed by atoms with Crippen molar-refractivity contribution in [2.24, 2.45) is 17.3 Å². The van der Waals surface area contributed by atoms with Gasteiger partial charge in [0.2, 0.25) is 0 Å². The summed E-state index contributed by atoms with van der Waals surface area (Å²) in [5, 5.41) is 21.6. The molecule has 5 nitrogen and oxygen atoms in total. The predicted molar refractivity (Wildman–Crippen MR) is 172 cm³/mol. The predicted octanol–water partition coefficient (Wildman–Crippen LogP) is 8.02. The van der Waals surface area contributed by atoms with Crippen molar-refractivity contribution >= 4 is 17.3 Å². The highest BCUT2D eigenvalue weighted by Crippen LogP contribution is 2.59. The van der Waals surface area contributed by atoms with Gasteiger partial charge < -0.3 is 14.9 Å². The van der Waals surface area contributed by atoms with E-state index in [1.807, 2.05) is 36.5 Å². The lowest BCUT2D eigenvalue weighted by atomic mass is 9.62. The molecule has 230 valence electrons. The molecular weight excluding hydrogens is 554 g/mol. The maximum Gasteiger partial charge on any atom is 0.338 e. The zero-order valence-corrected chi connectivity index (χ0v) is 26.6. The van der Waals surface area contributed by atoms with Crippen molar-refractivity contribution in [3.05, 3.63) is 87.4 Å². The normalized spacial score (nSPS) is 32.5. The Kier molecular flexibility index (Phi) is 8.83. The fourth-order valence-corrected chi connectivity index (χ4v) is 9.50. The number of fused-ring (bicyclic) bond motifs is 1. The van der Waals surface area contributed by atoms with Crippen molar-refractivity contribution in [3.63, 3.8) is 0 Å². The Hall–Kier alpha value is -2.54. The van der Waals surface area contributed by atoms with Crippen LogP contribution >= 0.6 is 11.3 Å². The van der Waals surface area contributed by atoms with E-state index < -0.39 is 12.2 Å². The Balaban J connectivity index is 1.14. The monoisotopic (exact) mass is 601 g/mol. The van der Waals surface area contributed by atoms with Crippen LogP contribution in [-0.2, 0) is 10.2 Å². The number of rotatable bonds is 9. The van der Waals surface area contributed by atoms with Crippen LogP contribution in [-0.4, -0.2) is 39.5 Å². The smallest absolute Gasteiger partial charge is 0.338 e. The Bertz CT molecular complexity index is 1390. The molecule has 6 heteroatoms. The van der Waals surface area contributed by atoms with Crippen molar-refractivity contribution in [1.29, 1.82) is 0 Å². The van der Waals surface area contributed by atoms with Gasteiger partial charge in [-0.1, -0.05) is 49.4 Å². The number of benzene rings is 1. The first-order valence-corrected chi connectivity index (χ1v) is 17.1. The van der Waals surface area contributed by atoms with Crippen LogP contribution in [0.25, 0.3) is 0 Å². The van der Waals surface area contributed by atoms with E-state index in [4.69, 9.17) is 9.72 Å². The van der Waals surface area contributed by atoms with Crippen LogP contribution in [0.4, 0.5) is 0 Å². The Morgan fingerprint density at radius 1 is 1.19 bits per heavy atom. The van der Waals surface area contributed by atoms with Crippen molar-refractivity contribution < 1.29 is 19.7 Å². The molecule has 2 N–H and O–H groups in total. The van der Waals surface area contributed by atoms with Crippen molar-refractivity contribution in [1.82, 2.24) is 4.98 Å². The van der Waals surface area contributed by atoms with Crippen LogP contribution in [0.1, 0.15) is 104 Å². The SMILES string of the molecule is C=C1/C(=C\C=C2/CCCC3(C)C(CCCC(OC(=O)c4ccccc4)C4(c5ncc(C)s5)CC4)CCC23)C[C@@H](O)C[C@@H]1O. The summed E-state index contributed by atoms with van der Waals surface area (Å²) < 4.78 is 6.32. The number of allylic oxidation sites excluding steroid dienone is 3. The Labute approximate surface area is 260 Å². The molecule has 1 heterocycles. The number of thiazole rings is 1. The van der Waals surface area contributed by atoms with Gasteiger partial charge in [0.15, 0.2) is 0 Å². The van der Waals surface area contributed by atoms with Gasteiger partial charge in [-0.3, -0.25) is 0 Å². The van der Waals surface area contributed by atoms with E-state index in [1.54, 1.807) is 11.3 Å². The number of hydrogen-bond donors (Lipinski definition) is 2. The second kappa shape index (κ2) is 12.5. The number of aryl methyl sites for hydroxylation is 1. The van der Waals surface area contributed by atoms with E-state index in [0.717, 1.165) is 54.7 Å². The lowest BCUT2D eigenvalue weighted by molar-refractivity contribution is 0.0156. The number of hydrogen-bond acceptors (Lipinski definition) is 6. The number of aliphatic hydroxyl groups is 2. The van der Waals surface area contributed by atoms with Crippen LogP contribution in [0, 0.1) is 24.2 Å². The van der Waals surface area contributed by atoms with Crippen LogP contribution in [0.5, 0.6) is 0 Å². The van der Waals surface area contributed by atoms with Gasteiger partial charge in [-0.2, -0.15) is 0 Å². The average molecular weight is 602 g/mol. The molecule has 0 aliphatic heterocycles. The van der Waals surface area contributed by atoms with Crippen LogP contribution in [0.2, 0.25) is 0 Å². The Morgan fingerprint density at radius 2 is 1.98 bits per heavy atom. The number of aliphatic hydroxyl groups excluding tert-OH is 2. The van der Waals surface area contributed by atoms with Gasteiger partial charge in [0.1, 0.15) is 11.1 Å². The van der Waals surface area contributed by atoms with Gasteiger partial charge in [-0.15, -0.1) is 11.3 Å². The third-order valence-electron chi connectivity index (χ3n) is 11.2. The molecule has 2 aromatic rings. The molecule has 0 radical (unpaired) electrons. The fourth-order valence-electron chi connectivity index (χ4n) is 8.45. The second-order valence-electron chi connectivity index (χ2n) is 13.9. The van der Waals surface area contributed by atoms with E-state index in [2.05, 4.69) is 32.6 Å². The summed E-state index contributed by atoms with van der Waals surface area (Å²) in [6, 6.07) is 9.38. The molecule has 43 heavy (non-hydrogen) atoms. The standard InChI is InChI=1S/C37H47NO4S/c1-24-23-38-35(43-24)37(19-20-37)33(42-34(41)27-9-5-4-6-10-27)13-7-12-29-16-17-31-26(11-8-18-36(29,31)3)14-15-28-21-30(39)22-32(40)25(28)2/h4-6,9-10,14-15,23,29-33,39-40H,2,7-8,11-13,16-22H2,1,3H3/b26-14+,28-15-/t29?,30-,31?,32+,33?,36?/m1/s1. The minimum Gasteiger partial charge on any atom is -0.458 e. The third-order valence-corrected chi connectivity index (χ3v) is 12.3. The molecule has 6 atom stereocenters. The first-order chi connectivity index (χ1) is 20.7. The van der Waals surface area contributed by atoms with Gasteiger partial charge in [0.05, 0.1) is 23.2 Å². The molecule has 1 aromatic carbocycles. The van der Waals surface area contributed by atoms with Gasteiger partial charge in [0.25, 0.3) is 0 Å². The highest BCUT2D eigenvalue weighted by molar-refractivity contribution is 7.11. The summed E-state index contributed by atoms with van der Waals surface area (Å²) in [5.74, 6) is 1.01. The van der Waals surface area contributed by atoms with Crippen molar-refractivity contribution in [2.45, 2.75) is 115 Å². The summed E-state index contributed by atoms with van der Waals surface area (Å²) in [5.41, 5.74) is 4.03. The minimum atomic E-state index is -0.647. The number of carbonyl (C=O) groups is 1. The molecule has 1 aromatic heterocycles. The molecule has 4 unspecified atom stereocenters. The summed E-state index contributed by atoms with van der Waals surface area (Å²) >= 11 is 1.75. The molecule has 0 amide bonds. The molecular formula is C37H47NO4S. The Morgan fingerprint density at radius 3 is 2.70 bits per heavy atom. The molecule has 0 saturated heterocycles. The molecule has 4 saturated carbocycles. The first kappa shape index (κ1) is 30.5. The number of aromatic nitrogens is 1. The van der Waals surface area contributed by atoms with Crippen LogP contribution in [0.15, 0.2) is 72.0 Å². The quantitative estimate of drug-likeness (QED) is 0.285. The zero-order valence-electron chi connectivity index (χ0n) is 25.8. The molecule has 0 bridgehead atoms. The lowest BCUT2D eigenvalue weighted by Crippen LogP contribution is -2.34. The minimum absolute atomic E-state index is 0.135. The average Bonchev–Trinajstić information content (AvgIpc) is 3.57. The topological polar surface area (TPSA) is 79.7 Å². The molecule has 4 fully saturated rings.